The standard InChI is InChI=1S/C19H15ClF3N5O3/c1-9-17-12(19(21,22)23)7-15(10-2-3-10)25-18(17)27(26-9)8-16(29)24-14-5-4-11(28(30)31)6-13(14)20/h4-7,10H,2-3,8H2,1H3,(H,24,29). The summed E-state index contributed by atoms with van der Waals surface area (Å²) >= 11 is 5.97. The average Bonchev–Trinajstić information content (AvgIpc) is 3.48. The average molecular weight is 454 g/mol. The Balaban J connectivity index is 1.66. The Kier molecular flexibility index (Phi) is 5.08. The number of hydrogen-bond donors (Lipinski definition) is 1. The van der Waals surface area contributed by atoms with Crippen LogP contribution in [0.25, 0.3) is 11.0 Å². The maximum absolute atomic E-state index is 13.6. The van der Waals surface area contributed by atoms with Crippen LogP contribution < -0.4 is 5.32 Å². The lowest BCUT2D eigenvalue weighted by molar-refractivity contribution is -0.384. The summed E-state index contributed by atoms with van der Waals surface area (Å²) < 4.78 is 42.1. The third-order valence-electron chi connectivity index (χ3n) is 4.93. The monoisotopic (exact) mass is 453 g/mol. The summed E-state index contributed by atoms with van der Waals surface area (Å²) in [5.74, 6) is -0.644. The first-order valence-corrected chi connectivity index (χ1v) is 9.61. The number of nitro groups is 1. The van der Waals surface area contributed by atoms with Crippen molar-refractivity contribution in [1.29, 1.82) is 0 Å². The van der Waals surface area contributed by atoms with Gasteiger partial charge in [0, 0.05) is 23.7 Å². The van der Waals surface area contributed by atoms with Crippen LogP contribution in [0.4, 0.5) is 24.5 Å². The van der Waals surface area contributed by atoms with E-state index in [2.05, 4.69) is 15.4 Å². The summed E-state index contributed by atoms with van der Waals surface area (Å²) in [6.45, 7) is 1.02. The van der Waals surface area contributed by atoms with E-state index >= 15 is 0 Å². The molecule has 1 aliphatic carbocycles. The Bertz CT molecular complexity index is 1220. The van der Waals surface area contributed by atoms with Gasteiger partial charge in [-0.1, -0.05) is 11.6 Å². The fourth-order valence-electron chi connectivity index (χ4n) is 3.34. The number of aromatic nitrogens is 3. The molecule has 1 aromatic carbocycles. The number of fused-ring (bicyclic) bond motifs is 1. The van der Waals surface area contributed by atoms with E-state index in [-0.39, 0.29) is 39.0 Å². The van der Waals surface area contributed by atoms with Crippen LogP contribution >= 0.6 is 11.6 Å². The highest BCUT2D eigenvalue weighted by molar-refractivity contribution is 6.33. The zero-order valence-electron chi connectivity index (χ0n) is 16.0. The van der Waals surface area contributed by atoms with Crippen LogP contribution in [0.3, 0.4) is 0 Å². The lowest BCUT2D eigenvalue weighted by atomic mass is 10.1. The molecule has 1 aliphatic rings. The van der Waals surface area contributed by atoms with Gasteiger partial charge in [0.1, 0.15) is 6.54 Å². The zero-order valence-corrected chi connectivity index (χ0v) is 16.8. The number of aryl methyl sites for hydroxylation is 1. The molecule has 0 aliphatic heterocycles. The lowest BCUT2D eigenvalue weighted by Crippen LogP contribution is -2.20. The molecule has 0 bridgehead atoms. The van der Waals surface area contributed by atoms with Gasteiger partial charge in [-0.3, -0.25) is 14.9 Å². The minimum atomic E-state index is -4.59. The number of pyridine rings is 1. The second-order valence-corrected chi connectivity index (χ2v) is 7.69. The minimum absolute atomic E-state index is 0.0147. The van der Waals surface area contributed by atoms with Crippen LogP contribution in [0.5, 0.6) is 0 Å². The number of non-ortho nitro benzene ring substituents is 1. The van der Waals surface area contributed by atoms with Gasteiger partial charge in [-0.05, 0) is 31.9 Å². The Morgan fingerprint density at radius 3 is 2.65 bits per heavy atom. The van der Waals surface area contributed by atoms with Crippen LogP contribution in [0.2, 0.25) is 5.02 Å². The summed E-state index contributed by atoms with van der Waals surface area (Å²) in [4.78, 5) is 27.0. The van der Waals surface area contributed by atoms with E-state index < -0.39 is 29.1 Å². The minimum Gasteiger partial charge on any atom is -0.323 e. The van der Waals surface area contributed by atoms with Crippen LogP contribution in [0, 0.1) is 17.0 Å². The Hall–Kier alpha value is -3.21. The van der Waals surface area contributed by atoms with E-state index in [1.807, 2.05) is 0 Å². The molecule has 4 rings (SSSR count). The first-order valence-electron chi connectivity index (χ1n) is 9.23. The van der Waals surface area contributed by atoms with Gasteiger partial charge in [0.25, 0.3) is 5.69 Å². The molecule has 0 radical (unpaired) electrons. The van der Waals surface area contributed by atoms with Crippen LogP contribution in [0.15, 0.2) is 24.3 Å². The highest BCUT2D eigenvalue weighted by Crippen LogP contribution is 2.43. The van der Waals surface area contributed by atoms with Crippen molar-refractivity contribution in [2.24, 2.45) is 0 Å². The fraction of sp³-hybridized carbons (Fsp3) is 0.316. The lowest BCUT2D eigenvalue weighted by Gasteiger charge is -2.11. The molecule has 0 saturated heterocycles. The van der Waals surface area contributed by atoms with Gasteiger partial charge >= 0.3 is 6.18 Å². The molecule has 8 nitrogen and oxygen atoms in total. The summed E-state index contributed by atoms with van der Waals surface area (Å²) in [6.07, 6.45) is -3.05. The third-order valence-corrected chi connectivity index (χ3v) is 5.24. The number of nitrogens with one attached hydrogen (secondary N) is 1. The van der Waals surface area contributed by atoms with Gasteiger partial charge in [-0.25, -0.2) is 9.67 Å². The maximum atomic E-state index is 13.6. The Morgan fingerprint density at radius 1 is 1.35 bits per heavy atom. The molecule has 2 aromatic heterocycles. The molecular weight excluding hydrogens is 439 g/mol. The summed E-state index contributed by atoms with van der Waals surface area (Å²) in [5.41, 5.74) is -0.500. The highest BCUT2D eigenvalue weighted by atomic mass is 35.5. The molecule has 3 aromatic rings. The molecule has 1 fully saturated rings. The van der Waals surface area contributed by atoms with E-state index in [0.717, 1.165) is 29.7 Å². The van der Waals surface area contributed by atoms with Gasteiger partial charge in [-0.15, -0.1) is 0 Å². The van der Waals surface area contributed by atoms with Crippen LogP contribution in [0.1, 0.15) is 35.7 Å². The van der Waals surface area contributed by atoms with Crippen molar-refractivity contribution in [1.82, 2.24) is 14.8 Å². The number of anilines is 1. The van der Waals surface area contributed by atoms with Crippen LogP contribution in [-0.4, -0.2) is 25.6 Å². The second-order valence-electron chi connectivity index (χ2n) is 7.28. The van der Waals surface area contributed by atoms with Crippen molar-refractivity contribution < 1.29 is 22.9 Å². The first-order chi connectivity index (χ1) is 14.5. The number of rotatable bonds is 5. The molecule has 0 spiro atoms. The molecule has 1 saturated carbocycles. The maximum Gasteiger partial charge on any atom is 0.417 e. The van der Waals surface area contributed by atoms with Crippen LogP contribution in [-0.2, 0) is 17.5 Å². The fourth-order valence-corrected chi connectivity index (χ4v) is 3.56. The van der Waals surface area contributed by atoms with Crippen molar-refractivity contribution in [3.05, 3.63) is 56.4 Å². The topological polar surface area (TPSA) is 103 Å². The number of nitro benzene ring substituents is 1. The number of halogens is 4. The predicted molar refractivity (Wildman–Crippen MR) is 106 cm³/mol. The quantitative estimate of drug-likeness (QED) is 0.440. The van der Waals surface area contributed by atoms with Crippen molar-refractivity contribution >= 4 is 39.9 Å². The van der Waals surface area contributed by atoms with E-state index in [1.165, 1.54) is 19.1 Å². The second kappa shape index (κ2) is 7.49. The molecule has 12 heteroatoms. The molecule has 0 unspecified atom stereocenters. The molecular formula is C19H15ClF3N5O3. The van der Waals surface area contributed by atoms with Crippen molar-refractivity contribution in [2.45, 2.75) is 38.4 Å². The molecule has 0 atom stereocenters. The van der Waals surface area contributed by atoms with Crippen molar-refractivity contribution in [2.75, 3.05) is 5.32 Å². The number of amides is 1. The number of carbonyl (C=O) groups excluding carboxylic acids is 1. The van der Waals surface area contributed by atoms with E-state index in [0.29, 0.717) is 5.69 Å². The Morgan fingerprint density at radius 2 is 2.06 bits per heavy atom. The highest BCUT2D eigenvalue weighted by Gasteiger charge is 2.37. The van der Waals surface area contributed by atoms with Gasteiger partial charge in [0.05, 0.1) is 32.3 Å². The SMILES string of the molecule is Cc1nn(CC(=O)Nc2ccc([N+](=O)[O-])cc2Cl)c2nc(C3CC3)cc(C(F)(F)F)c12. The predicted octanol–water partition coefficient (Wildman–Crippen LogP) is 4.84. The van der Waals surface area contributed by atoms with Gasteiger partial charge < -0.3 is 5.32 Å². The summed E-state index contributed by atoms with van der Waals surface area (Å²) in [6, 6.07) is 4.60. The van der Waals surface area contributed by atoms with Gasteiger partial charge in [-0.2, -0.15) is 18.3 Å². The van der Waals surface area contributed by atoms with Crippen molar-refractivity contribution in [3.8, 4) is 0 Å². The first kappa shape index (κ1) is 21.0. The summed E-state index contributed by atoms with van der Waals surface area (Å²) in [7, 11) is 0. The molecule has 31 heavy (non-hydrogen) atoms. The third kappa shape index (κ3) is 4.18. The number of carbonyl (C=O) groups is 1. The number of hydrogen-bond acceptors (Lipinski definition) is 5. The van der Waals surface area contributed by atoms with E-state index in [9.17, 15) is 28.1 Å². The zero-order chi connectivity index (χ0) is 22.5. The smallest absolute Gasteiger partial charge is 0.323 e. The number of nitrogens with zero attached hydrogens (tertiary/aromatic N) is 4. The number of benzene rings is 1. The largest absolute Gasteiger partial charge is 0.417 e. The molecule has 162 valence electrons. The molecule has 1 N–H and O–H groups in total. The van der Waals surface area contributed by atoms with E-state index in [1.54, 1.807) is 0 Å². The molecule has 2 heterocycles. The Labute approximate surface area is 178 Å². The normalized spacial score (nSPS) is 14.1. The van der Waals surface area contributed by atoms with Crippen molar-refractivity contribution in [3.63, 3.8) is 0 Å². The number of alkyl halides is 3. The molecule has 1 amide bonds. The van der Waals surface area contributed by atoms with Gasteiger partial charge in [0.15, 0.2) is 5.65 Å². The van der Waals surface area contributed by atoms with E-state index in [4.69, 9.17) is 11.6 Å². The summed E-state index contributed by atoms with van der Waals surface area (Å²) in [5, 5.41) is 17.2. The van der Waals surface area contributed by atoms with Gasteiger partial charge in [0.2, 0.25) is 5.91 Å².